The van der Waals surface area contributed by atoms with Crippen molar-refractivity contribution in [2.24, 2.45) is 11.8 Å². The third-order valence-electron chi connectivity index (χ3n) is 5.66. The van der Waals surface area contributed by atoms with Crippen LogP contribution in [0, 0.1) is 11.8 Å². The van der Waals surface area contributed by atoms with Crippen molar-refractivity contribution in [1.29, 1.82) is 0 Å². The van der Waals surface area contributed by atoms with Crippen LogP contribution in [0.5, 0.6) is 11.5 Å². The molecule has 0 aliphatic heterocycles. The van der Waals surface area contributed by atoms with E-state index in [0.717, 1.165) is 50.5 Å². The Bertz CT molecular complexity index is 522. The van der Waals surface area contributed by atoms with E-state index in [9.17, 15) is 15.3 Å². The lowest BCUT2D eigenvalue weighted by molar-refractivity contribution is -0.0168. The molecule has 0 heterocycles. The van der Waals surface area contributed by atoms with Crippen molar-refractivity contribution in [3.63, 3.8) is 0 Å². The van der Waals surface area contributed by atoms with E-state index in [1.165, 1.54) is 0 Å². The number of unbranched alkanes of at least 4 members (excludes halogenated alkanes) is 2. The molecule has 1 aliphatic rings. The van der Waals surface area contributed by atoms with E-state index in [1.807, 2.05) is 26.0 Å². The normalized spacial score (nSPS) is 25.0. The van der Waals surface area contributed by atoms with Gasteiger partial charge in [0.2, 0.25) is 0 Å². The molecule has 1 saturated carbocycles. The Balaban J connectivity index is 2.31. The predicted octanol–water partition coefficient (Wildman–Crippen LogP) is 5.12. The van der Waals surface area contributed by atoms with Crippen LogP contribution >= 0.6 is 0 Å². The summed E-state index contributed by atoms with van der Waals surface area (Å²) in [6, 6.07) is 3.62. The average molecular weight is 334 g/mol. The van der Waals surface area contributed by atoms with Crippen LogP contribution in [0.25, 0.3) is 0 Å². The zero-order valence-electron chi connectivity index (χ0n) is 15.7. The summed E-state index contributed by atoms with van der Waals surface area (Å²) in [5.41, 5.74) is 0.808. The lowest BCUT2D eigenvalue weighted by Gasteiger charge is -2.42. The van der Waals surface area contributed by atoms with Crippen LogP contribution in [-0.2, 0) is 6.42 Å². The van der Waals surface area contributed by atoms with Crippen molar-refractivity contribution in [3.05, 3.63) is 23.3 Å². The summed E-state index contributed by atoms with van der Waals surface area (Å²) in [5.74, 6) is 0.969. The fourth-order valence-corrected chi connectivity index (χ4v) is 4.33. The molecule has 0 amide bonds. The van der Waals surface area contributed by atoms with Crippen molar-refractivity contribution >= 4 is 0 Å². The lowest BCUT2D eigenvalue weighted by Crippen LogP contribution is -2.38. The Morgan fingerprint density at radius 3 is 2.25 bits per heavy atom. The topological polar surface area (TPSA) is 60.7 Å². The highest BCUT2D eigenvalue weighted by Gasteiger charge is 2.40. The number of aryl methyl sites for hydroxylation is 1. The van der Waals surface area contributed by atoms with E-state index in [2.05, 4.69) is 13.8 Å². The summed E-state index contributed by atoms with van der Waals surface area (Å²) in [6.45, 7) is 8.06. The van der Waals surface area contributed by atoms with Crippen LogP contribution in [0.2, 0.25) is 0 Å². The summed E-state index contributed by atoms with van der Waals surface area (Å²) >= 11 is 0. The number of hydrogen-bond donors (Lipinski definition) is 3. The first kappa shape index (κ1) is 19.1. The Morgan fingerprint density at radius 2 is 1.71 bits per heavy atom. The van der Waals surface area contributed by atoms with Gasteiger partial charge in [0.05, 0.1) is 5.60 Å². The van der Waals surface area contributed by atoms with Crippen molar-refractivity contribution in [2.75, 3.05) is 0 Å². The highest BCUT2D eigenvalue weighted by atomic mass is 16.3. The van der Waals surface area contributed by atoms with E-state index in [4.69, 9.17) is 0 Å². The third kappa shape index (κ3) is 4.44. The molecule has 0 unspecified atom stereocenters. The van der Waals surface area contributed by atoms with E-state index in [1.54, 1.807) is 0 Å². The highest BCUT2D eigenvalue weighted by Crippen LogP contribution is 2.50. The van der Waals surface area contributed by atoms with Gasteiger partial charge in [-0.3, -0.25) is 0 Å². The SMILES string of the molecule is CCCCCc1cc(O)c([C@@H]2C[C@H](C)CC[C@H]2C(C)(C)O)c(O)c1. The molecule has 3 N–H and O–H groups in total. The summed E-state index contributed by atoms with van der Waals surface area (Å²) in [4.78, 5) is 0. The first-order chi connectivity index (χ1) is 11.2. The highest BCUT2D eigenvalue weighted by molar-refractivity contribution is 5.49. The first-order valence-electron chi connectivity index (χ1n) is 9.51. The molecule has 1 fully saturated rings. The quantitative estimate of drug-likeness (QED) is 0.633. The number of phenolic OH excluding ortho intramolecular Hbond substituents is 2. The Kier molecular flexibility index (Phi) is 6.19. The van der Waals surface area contributed by atoms with E-state index in [-0.39, 0.29) is 23.3 Å². The summed E-state index contributed by atoms with van der Waals surface area (Å²) in [7, 11) is 0. The van der Waals surface area contributed by atoms with Crippen LogP contribution in [0.15, 0.2) is 12.1 Å². The van der Waals surface area contributed by atoms with Crippen LogP contribution in [0.1, 0.15) is 83.3 Å². The monoisotopic (exact) mass is 334 g/mol. The summed E-state index contributed by atoms with van der Waals surface area (Å²) < 4.78 is 0. The molecule has 2 rings (SSSR count). The maximum absolute atomic E-state index is 10.6. The molecule has 1 aromatic rings. The van der Waals surface area contributed by atoms with E-state index >= 15 is 0 Å². The maximum Gasteiger partial charge on any atom is 0.123 e. The molecule has 0 bridgehead atoms. The molecule has 24 heavy (non-hydrogen) atoms. The second kappa shape index (κ2) is 7.77. The molecule has 0 saturated heterocycles. The molecule has 3 nitrogen and oxygen atoms in total. The van der Waals surface area contributed by atoms with E-state index < -0.39 is 5.60 Å². The number of aliphatic hydroxyl groups is 1. The van der Waals surface area contributed by atoms with Gasteiger partial charge in [-0.05, 0) is 75.0 Å². The molecule has 1 aromatic carbocycles. The molecule has 3 heteroatoms. The molecule has 3 atom stereocenters. The third-order valence-corrected chi connectivity index (χ3v) is 5.66. The van der Waals surface area contributed by atoms with Crippen molar-refractivity contribution in [1.82, 2.24) is 0 Å². The first-order valence-corrected chi connectivity index (χ1v) is 9.51. The number of rotatable bonds is 6. The molecular formula is C21H34O3. The summed E-state index contributed by atoms with van der Waals surface area (Å²) in [6.07, 6.45) is 7.17. The van der Waals surface area contributed by atoms with Crippen molar-refractivity contribution < 1.29 is 15.3 Å². The van der Waals surface area contributed by atoms with Gasteiger partial charge >= 0.3 is 0 Å². The minimum Gasteiger partial charge on any atom is -0.508 e. The lowest BCUT2D eigenvalue weighted by atomic mass is 9.65. The van der Waals surface area contributed by atoms with Gasteiger partial charge < -0.3 is 15.3 Å². The van der Waals surface area contributed by atoms with Crippen LogP contribution < -0.4 is 0 Å². The minimum atomic E-state index is -0.816. The van der Waals surface area contributed by atoms with Gasteiger partial charge in [0.15, 0.2) is 0 Å². The van der Waals surface area contributed by atoms with Gasteiger partial charge in [-0.2, -0.15) is 0 Å². The molecular weight excluding hydrogens is 300 g/mol. The largest absolute Gasteiger partial charge is 0.508 e. The van der Waals surface area contributed by atoms with Gasteiger partial charge in [-0.25, -0.2) is 0 Å². The van der Waals surface area contributed by atoms with Crippen molar-refractivity contribution in [3.8, 4) is 11.5 Å². The van der Waals surface area contributed by atoms with Gasteiger partial charge in [0.1, 0.15) is 11.5 Å². The molecule has 0 spiro atoms. The van der Waals surface area contributed by atoms with Gasteiger partial charge in [0.25, 0.3) is 0 Å². The molecule has 0 radical (unpaired) electrons. The number of hydrogen-bond acceptors (Lipinski definition) is 3. The smallest absolute Gasteiger partial charge is 0.123 e. The van der Waals surface area contributed by atoms with Gasteiger partial charge in [-0.15, -0.1) is 0 Å². The average Bonchev–Trinajstić information content (AvgIpc) is 2.45. The fourth-order valence-electron chi connectivity index (χ4n) is 4.33. The minimum absolute atomic E-state index is 0.00144. The summed E-state index contributed by atoms with van der Waals surface area (Å²) in [5, 5.41) is 31.8. The van der Waals surface area contributed by atoms with Gasteiger partial charge in [0, 0.05) is 5.56 Å². The number of aromatic hydroxyl groups is 2. The Labute approximate surface area is 146 Å². The zero-order chi connectivity index (χ0) is 17.9. The Hall–Kier alpha value is -1.22. The second-order valence-corrected chi connectivity index (χ2v) is 8.29. The number of benzene rings is 1. The predicted molar refractivity (Wildman–Crippen MR) is 98.5 cm³/mol. The van der Waals surface area contributed by atoms with Crippen LogP contribution in [0.3, 0.4) is 0 Å². The van der Waals surface area contributed by atoms with Crippen LogP contribution in [-0.4, -0.2) is 20.9 Å². The number of phenols is 2. The second-order valence-electron chi connectivity index (χ2n) is 8.29. The fraction of sp³-hybridized carbons (Fsp3) is 0.714. The van der Waals surface area contributed by atoms with E-state index in [0.29, 0.717) is 11.5 Å². The van der Waals surface area contributed by atoms with Crippen LogP contribution in [0.4, 0.5) is 0 Å². The maximum atomic E-state index is 10.6. The van der Waals surface area contributed by atoms with Crippen molar-refractivity contribution in [2.45, 2.75) is 84.2 Å². The zero-order valence-corrected chi connectivity index (χ0v) is 15.7. The standard InChI is InChI=1S/C21H34O3/c1-5-6-7-8-15-12-18(22)20(19(23)13-15)16-11-14(2)9-10-17(16)21(3,4)24/h12-14,16-17,22-24H,5-11H2,1-4H3/t14-,16-,17-/m1/s1. The molecule has 136 valence electrons. The molecule has 1 aliphatic carbocycles. The Morgan fingerprint density at radius 1 is 1.08 bits per heavy atom. The van der Waals surface area contributed by atoms with Gasteiger partial charge in [-0.1, -0.05) is 33.1 Å². The molecule has 0 aromatic heterocycles.